The molecule has 0 saturated carbocycles. The molecule has 12 aromatic rings. The lowest BCUT2D eigenvalue weighted by Gasteiger charge is -2.13. The number of rotatable bonds is 4. The summed E-state index contributed by atoms with van der Waals surface area (Å²) >= 11 is 0. The molecule has 3 nitrogen and oxygen atoms in total. The number of para-hydroxylation sites is 5. The van der Waals surface area contributed by atoms with Crippen molar-refractivity contribution in [3.8, 4) is 33.6 Å². The van der Waals surface area contributed by atoms with Gasteiger partial charge in [0.05, 0.1) is 33.3 Å². The van der Waals surface area contributed by atoms with Crippen LogP contribution in [-0.2, 0) is 0 Å². The number of hydrogen-bond acceptors (Lipinski definition) is 0. The van der Waals surface area contributed by atoms with Crippen LogP contribution in [0, 0.1) is 0 Å². The third-order valence-electron chi connectivity index (χ3n) is 11.6. The zero-order valence-corrected chi connectivity index (χ0v) is 29.9. The molecule has 256 valence electrons. The lowest BCUT2D eigenvalue weighted by molar-refractivity contribution is 1.18. The molecule has 55 heavy (non-hydrogen) atoms. The summed E-state index contributed by atoms with van der Waals surface area (Å²) in [5.74, 6) is 0. The Labute approximate surface area is 316 Å². The Morgan fingerprint density at radius 1 is 0.327 bits per heavy atom. The van der Waals surface area contributed by atoms with Gasteiger partial charge >= 0.3 is 0 Å². The fraction of sp³-hybridized carbons (Fsp3) is 0. The number of benzene rings is 9. The summed E-state index contributed by atoms with van der Waals surface area (Å²) in [5, 5.41) is 9.97. The fourth-order valence-electron chi connectivity index (χ4n) is 9.16. The second-order valence-electron chi connectivity index (χ2n) is 14.6. The van der Waals surface area contributed by atoms with Crippen LogP contribution in [0.4, 0.5) is 0 Å². The average molecular weight is 700 g/mol. The Morgan fingerprint density at radius 3 is 1.82 bits per heavy atom. The molecule has 0 fully saturated rings. The van der Waals surface area contributed by atoms with Crippen LogP contribution in [-0.4, -0.2) is 14.1 Å². The predicted molar refractivity (Wildman–Crippen MR) is 233 cm³/mol. The van der Waals surface area contributed by atoms with Crippen LogP contribution >= 0.6 is 0 Å². The highest BCUT2D eigenvalue weighted by atomic mass is 15.0. The quantitative estimate of drug-likeness (QED) is 0.189. The molecule has 0 radical (unpaired) electrons. The minimum Gasteiger partial charge on any atom is -0.354 e. The Bertz CT molecular complexity index is 3490. The van der Waals surface area contributed by atoms with Crippen LogP contribution in [0.1, 0.15) is 0 Å². The van der Waals surface area contributed by atoms with Crippen molar-refractivity contribution in [1.29, 1.82) is 0 Å². The normalized spacial score (nSPS) is 12.0. The van der Waals surface area contributed by atoms with E-state index in [1.54, 1.807) is 0 Å². The third-order valence-corrected chi connectivity index (χ3v) is 11.6. The summed E-state index contributed by atoms with van der Waals surface area (Å²) in [5.41, 5.74) is 14.4. The lowest BCUT2D eigenvalue weighted by atomic mass is 9.98. The molecule has 3 heteroatoms. The molecular formula is C52H33N3. The Kier molecular flexibility index (Phi) is 6.34. The van der Waals surface area contributed by atoms with E-state index in [1.165, 1.54) is 110 Å². The minimum atomic E-state index is 1.17. The molecular weight excluding hydrogens is 667 g/mol. The zero-order valence-electron chi connectivity index (χ0n) is 29.9. The Hall–Kier alpha value is -7.36. The van der Waals surface area contributed by atoms with Gasteiger partial charge in [-0.3, -0.25) is 0 Å². The standard InChI is InChI=1S/C52H33N3/c1-2-13-37(14-3-1)54-48-21-8-5-16-41(48)43-28-24-34(32-51(43)54)33-26-29-50-45(31-33)42-17-6-9-22-49(42)55(50)47-23-10-12-35-30-36(25-27-38(35)47)39-18-11-19-44-40-15-4-7-20-46(40)53-52(39)44/h1-32,53H. The number of aromatic nitrogens is 3. The number of fused-ring (bicyclic) bond motifs is 10. The van der Waals surface area contributed by atoms with Crippen molar-refractivity contribution in [2.45, 2.75) is 0 Å². The summed E-state index contributed by atoms with van der Waals surface area (Å²) < 4.78 is 4.84. The van der Waals surface area contributed by atoms with Crippen LogP contribution in [0.3, 0.4) is 0 Å². The average Bonchev–Trinajstić information content (AvgIpc) is 3.91. The minimum absolute atomic E-state index is 1.17. The summed E-state index contributed by atoms with van der Waals surface area (Å²) in [6, 6.07) is 71.0. The van der Waals surface area contributed by atoms with Gasteiger partial charge in [0.15, 0.2) is 0 Å². The van der Waals surface area contributed by atoms with Gasteiger partial charge in [0.25, 0.3) is 0 Å². The monoisotopic (exact) mass is 699 g/mol. The molecule has 3 heterocycles. The highest BCUT2D eigenvalue weighted by molar-refractivity contribution is 6.14. The number of H-pyrrole nitrogens is 1. The van der Waals surface area contributed by atoms with Gasteiger partial charge in [0.1, 0.15) is 0 Å². The summed E-state index contributed by atoms with van der Waals surface area (Å²) in [7, 11) is 0. The highest BCUT2D eigenvalue weighted by Gasteiger charge is 2.18. The molecule has 1 N–H and O–H groups in total. The van der Waals surface area contributed by atoms with E-state index in [0.717, 1.165) is 0 Å². The van der Waals surface area contributed by atoms with E-state index in [9.17, 15) is 0 Å². The summed E-state index contributed by atoms with van der Waals surface area (Å²) in [6.07, 6.45) is 0. The van der Waals surface area contributed by atoms with Crippen molar-refractivity contribution in [2.75, 3.05) is 0 Å². The summed E-state index contributed by atoms with van der Waals surface area (Å²) in [6.45, 7) is 0. The molecule has 0 unspecified atom stereocenters. The van der Waals surface area contributed by atoms with E-state index in [4.69, 9.17) is 0 Å². The first-order chi connectivity index (χ1) is 27.3. The molecule has 0 aliphatic carbocycles. The number of nitrogens with one attached hydrogen (secondary N) is 1. The number of aromatic amines is 1. The maximum Gasteiger partial charge on any atom is 0.0547 e. The molecule has 9 aromatic carbocycles. The van der Waals surface area contributed by atoms with Crippen LogP contribution in [0.25, 0.3) is 110 Å². The van der Waals surface area contributed by atoms with E-state index in [1.807, 2.05) is 0 Å². The van der Waals surface area contributed by atoms with Gasteiger partial charge in [-0.2, -0.15) is 0 Å². The maximum atomic E-state index is 3.70. The largest absolute Gasteiger partial charge is 0.354 e. The lowest BCUT2D eigenvalue weighted by Crippen LogP contribution is -1.95. The zero-order chi connectivity index (χ0) is 36.0. The van der Waals surface area contributed by atoms with Crippen molar-refractivity contribution in [1.82, 2.24) is 14.1 Å². The van der Waals surface area contributed by atoms with Gasteiger partial charge < -0.3 is 14.1 Å². The van der Waals surface area contributed by atoms with Crippen LogP contribution < -0.4 is 0 Å². The van der Waals surface area contributed by atoms with Gasteiger partial charge in [0, 0.05) is 54.5 Å². The third kappa shape index (κ3) is 4.44. The van der Waals surface area contributed by atoms with E-state index < -0.39 is 0 Å². The topological polar surface area (TPSA) is 25.6 Å². The first-order valence-electron chi connectivity index (χ1n) is 18.9. The predicted octanol–water partition coefficient (Wildman–Crippen LogP) is 14.0. The molecule has 0 bridgehead atoms. The van der Waals surface area contributed by atoms with Crippen molar-refractivity contribution >= 4 is 76.2 Å². The SMILES string of the molecule is c1ccc(-n2c3ccccc3c3ccc(-c4ccc5c(c4)c4ccccc4n5-c4cccc5cc(-c6cccc7c6[nH]c6ccccc67)ccc45)cc32)cc1. The Morgan fingerprint density at radius 2 is 0.945 bits per heavy atom. The van der Waals surface area contributed by atoms with Crippen LogP contribution in [0.5, 0.6) is 0 Å². The molecule has 3 aromatic heterocycles. The summed E-state index contributed by atoms with van der Waals surface area (Å²) in [4.78, 5) is 3.70. The fourth-order valence-corrected chi connectivity index (χ4v) is 9.16. The molecule has 0 aliphatic heterocycles. The first-order valence-corrected chi connectivity index (χ1v) is 18.9. The second-order valence-corrected chi connectivity index (χ2v) is 14.6. The van der Waals surface area contributed by atoms with E-state index in [-0.39, 0.29) is 0 Å². The maximum absolute atomic E-state index is 3.70. The van der Waals surface area contributed by atoms with Crippen molar-refractivity contribution < 1.29 is 0 Å². The molecule has 0 saturated heterocycles. The molecule has 0 spiro atoms. The van der Waals surface area contributed by atoms with E-state index >= 15 is 0 Å². The smallest absolute Gasteiger partial charge is 0.0547 e. The number of hydrogen-bond donors (Lipinski definition) is 1. The first kappa shape index (κ1) is 30.1. The van der Waals surface area contributed by atoms with Crippen LogP contribution in [0.2, 0.25) is 0 Å². The second kappa shape index (κ2) is 11.6. The molecule has 0 atom stereocenters. The highest BCUT2D eigenvalue weighted by Crippen LogP contribution is 2.40. The van der Waals surface area contributed by atoms with Crippen molar-refractivity contribution in [3.05, 3.63) is 194 Å². The molecule has 0 amide bonds. The Balaban J connectivity index is 1.02. The van der Waals surface area contributed by atoms with Gasteiger partial charge in [-0.15, -0.1) is 0 Å². The van der Waals surface area contributed by atoms with Gasteiger partial charge in [-0.25, -0.2) is 0 Å². The van der Waals surface area contributed by atoms with Gasteiger partial charge in [-0.1, -0.05) is 133 Å². The molecule has 12 rings (SSSR count). The van der Waals surface area contributed by atoms with E-state index in [0.29, 0.717) is 0 Å². The molecule has 0 aliphatic rings. The van der Waals surface area contributed by atoms with Crippen LogP contribution in [0.15, 0.2) is 194 Å². The van der Waals surface area contributed by atoms with Crippen molar-refractivity contribution in [3.63, 3.8) is 0 Å². The van der Waals surface area contributed by atoms with E-state index in [2.05, 4.69) is 208 Å². The van der Waals surface area contributed by atoms with Crippen molar-refractivity contribution in [2.24, 2.45) is 0 Å². The van der Waals surface area contributed by atoms with Gasteiger partial charge in [-0.05, 0) is 82.7 Å². The van der Waals surface area contributed by atoms with Gasteiger partial charge in [0.2, 0.25) is 0 Å². The number of nitrogens with zero attached hydrogens (tertiary/aromatic N) is 2.